The van der Waals surface area contributed by atoms with Crippen molar-refractivity contribution in [3.8, 4) is 0 Å². The zero-order valence-corrected chi connectivity index (χ0v) is 11.5. The van der Waals surface area contributed by atoms with Crippen molar-refractivity contribution in [2.24, 2.45) is 0 Å². The molecule has 0 radical (unpaired) electrons. The number of ether oxygens (including phenoxy) is 1. The Morgan fingerprint density at radius 2 is 2.22 bits per heavy atom. The number of amides is 1. The third kappa shape index (κ3) is 4.55. The normalized spacial score (nSPS) is 10.2. The Bertz CT molecular complexity index is 397. The van der Waals surface area contributed by atoms with Crippen LogP contribution >= 0.6 is 11.6 Å². The van der Waals surface area contributed by atoms with Crippen LogP contribution in [0.5, 0.6) is 0 Å². The second-order valence-corrected chi connectivity index (χ2v) is 4.18. The number of nitrogens with one attached hydrogen (secondary N) is 2. The highest BCUT2D eigenvalue weighted by Crippen LogP contribution is 2.20. The van der Waals surface area contributed by atoms with Crippen LogP contribution in [0.3, 0.4) is 0 Å². The van der Waals surface area contributed by atoms with E-state index in [0.717, 1.165) is 12.1 Å². The molecule has 0 saturated heterocycles. The maximum atomic E-state index is 12.0. The molecule has 2 N–H and O–H groups in total. The van der Waals surface area contributed by atoms with Crippen molar-refractivity contribution in [2.75, 3.05) is 32.1 Å². The van der Waals surface area contributed by atoms with Crippen LogP contribution < -0.4 is 10.6 Å². The van der Waals surface area contributed by atoms with Gasteiger partial charge in [0, 0.05) is 37.5 Å². The first kappa shape index (κ1) is 14.8. The van der Waals surface area contributed by atoms with Crippen molar-refractivity contribution in [3.05, 3.63) is 28.8 Å². The van der Waals surface area contributed by atoms with Gasteiger partial charge in [0.05, 0.1) is 5.56 Å². The van der Waals surface area contributed by atoms with Crippen molar-refractivity contribution < 1.29 is 9.53 Å². The molecule has 1 rings (SSSR count). The Balaban J connectivity index is 2.52. The molecule has 4 nitrogen and oxygen atoms in total. The molecule has 0 aliphatic heterocycles. The molecule has 0 saturated carbocycles. The number of carbonyl (C=O) groups excluding carboxylic acids is 1. The standard InChI is InChI=1S/C13H19ClN2O2/c1-3-18-8-4-7-16-13(17)11-9-10(14)5-6-12(11)15-2/h5-6,9,15H,3-4,7-8H2,1-2H3,(H,16,17). The van der Waals surface area contributed by atoms with Gasteiger partial charge in [-0.3, -0.25) is 4.79 Å². The van der Waals surface area contributed by atoms with Crippen LogP contribution in [0.4, 0.5) is 5.69 Å². The van der Waals surface area contributed by atoms with Crippen molar-refractivity contribution in [1.82, 2.24) is 5.32 Å². The number of hydrogen-bond acceptors (Lipinski definition) is 3. The summed E-state index contributed by atoms with van der Waals surface area (Å²) >= 11 is 5.89. The van der Waals surface area contributed by atoms with Gasteiger partial charge in [-0.15, -0.1) is 0 Å². The molecule has 1 aromatic carbocycles. The lowest BCUT2D eigenvalue weighted by molar-refractivity contribution is 0.0945. The summed E-state index contributed by atoms with van der Waals surface area (Å²) in [4.78, 5) is 12.0. The summed E-state index contributed by atoms with van der Waals surface area (Å²) in [5.41, 5.74) is 1.32. The summed E-state index contributed by atoms with van der Waals surface area (Å²) in [7, 11) is 1.77. The molecule has 0 unspecified atom stereocenters. The van der Waals surface area contributed by atoms with Gasteiger partial charge in [-0.1, -0.05) is 11.6 Å². The van der Waals surface area contributed by atoms with Gasteiger partial charge in [0.2, 0.25) is 0 Å². The average molecular weight is 271 g/mol. The molecule has 100 valence electrons. The van der Waals surface area contributed by atoms with E-state index in [-0.39, 0.29) is 5.91 Å². The molecular formula is C13H19ClN2O2. The second kappa shape index (κ2) is 7.95. The molecule has 1 aromatic rings. The third-order valence-corrected chi connectivity index (χ3v) is 2.69. The molecule has 0 bridgehead atoms. The van der Waals surface area contributed by atoms with Crippen LogP contribution in [-0.4, -0.2) is 32.7 Å². The summed E-state index contributed by atoms with van der Waals surface area (Å²) in [5, 5.41) is 6.36. The van der Waals surface area contributed by atoms with Gasteiger partial charge in [-0.2, -0.15) is 0 Å². The lowest BCUT2D eigenvalue weighted by Crippen LogP contribution is -2.26. The minimum Gasteiger partial charge on any atom is -0.387 e. The monoisotopic (exact) mass is 270 g/mol. The van der Waals surface area contributed by atoms with Gasteiger partial charge in [0.15, 0.2) is 0 Å². The van der Waals surface area contributed by atoms with Crippen LogP contribution in [-0.2, 0) is 4.74 Å². The fraction of sp³-hybridized carbons (Fsp3) is 0.462. The number of hydrogen-bond donors (Lipinski definition) is 2. The van der Waals surface area contributed by atoms with Crippen LogP contribution in [0.1, 0.15) is 23.7 Å². The highest BCUT2D eigenvalue weighted by Gasteiger charge is 2.10. The van der Waals surface area contributed by atoms with E-state index >= 15 is 0 Å². The predicted molar refractivity (Wildman–Crippen MR) is 74.4 cm³/mol. The summed E-state index contributed by atoms with van der Waals surface area (Å²) in [6.45, 7) is 3.90. The number of anilines is 1. The van der Waals surface area contributed by atoms with E-state index < -0.39 is 0 Å². The SMILES string of the molecule is CCOCCCNC(=O)c1cc(Cl)ccc1NC. The van der Waals surface area contributed by atoms with E-state index in [1.807, 2.05) is 6.92 Å². The Kier molecular flexibility index (Phi) is 6.54. The Morgan fingerprint density at radius 3 is 2.89 bits per heavy atom. The van der Waals surface area contributed by atoms with E-state index in [2.05, 4.69) is 10.6 Å². The first-order chi connectivity index (χ1) is 8.69. The van der Waals surface area contributed by atoms with Gasteiger partial charge >= 0.3 is 0 Å². The van der Waals surface area contributed by atoms with E-state index in [0.29, 0.717) is 30.3 Å². The first-order valence-electron chi connectivity index (χ1n) is 6.02. The molecule has 0 atom stereocenters. The van der Waals surface area contributed by atoms with Crippen LogP contribution in [0, 0.1) is 0 Å². The van der Waals surface area contributed by atoms with Gasteiger partial charge in [-0.05, 0) is 31.5 Å². The number of rotatable bonds is 7. The summed E-state index contributed by atoms with van der Waals surface area (Å²) in [6.07, 6.45) is 0.801. The van der Waals surface area contributed by atoms with Crippen molar-refractivity contribution in [2.45, 2.75) is 13.3 Å². The molecular weight excluding hydrogens is 252 g/mol. The minimum atomic E-state index is -0.127. The fourth-order valence-corrected chi connectivity index (χ4v) is 1.71. The van der Waals surface area contributed by atoms with Crippen molar-refractivity contribution >= 4 is 23.2 Å². The van der Waals surface area contributed by atoms with Gasteiger partial charge in [0.25, 0.3) is 5.91 Å². The first-order valence-corrected chi connectivity index (χ1v) is 6.40. The maximum absolute atomic E-state index is 12.0. The van der Waals surface area contributed by atoms with Crippen LogP contribution in [0.25, 0.3) is 0 Å². The highest BCUT2D eigenvalue weighted by molar-refractivity contribution is 6.31. The fourth-order valence-electron chi connectivity index (χ4n) is 1.54. The Morgan fingerprint density at radius 1 is 1.44 bits per heavy atom. The van der Waals surface area contributed by atoms with E-state index in [9.17, 15) is 4.79 Å². The van der Waals surface area contributed by atoms with Crippen molar-refractivity contribution in [3.63, 3.8) is 0 Å². The Labute approximate surface area is 113 Å². The predicted octanol–water partition coefficient (Wildman–Crippen LogP) is 2.54. The molecule has 0 spiro atoms. The molecule has 0 fully saturated rings. The highest BCUT2D eigenvalue weighted by atomic mass is 35.5. The number of halogens is 1. The third-order valence-electron chi connectivity index (χ3n) is 2.45. The molecule has 18 heavy (non-hydrogen) atoms. The molecule has 5 heteroatoms. The molecule has 0 aromatic heterocycles. The van der Waals surface area contributed by atoms with Crippen LogP contribution in [0.15, 0.2) is 18.2 Å². The largest absolute Gasteiger partial charge is 0.387 e. The summed E-state index contributed by atoms with van der Waals surface area (Å²) in [6, 6.07) is 5.20. The number of benzene rings is 1. The zero-order valence-electron chi connectivity index (χ0n) is 10.8. The topological polar surface area (TPSA) is 50.4 Å². The summed E-state index contributed by atoms with van der Waals surface area (Å²) < 4.78 is 5.20. The van der Waals surface area contributed by atoms with Gasteiger partial charge < -0.3 is 15.4 Å². The molecule has 0 aliphatic carbocycles. The second-order valence-electron chi connectivity index (χ2n) is 3.75. The van der Waals surface area contributed by atoms with E-state index in [4.69, 9.17) is 16.3 Å². The van der Waals surface area contributed by atoms with Gasteiger partial charge in [0.1, 0.15) is 0 Å². The quantitative estimate of drug-likeness (QED) is 0.749. The Hall–Kier alpha value is -1.26. The van der Waals surface area contributed by atoms with Gasteiger partial charge in [-0.25, -0.2) is 0 Å². The van der Waals surface area contributed by atoms with Crippen molar-refractivity contribution in [1.29, 1.82) is 0 Å². The minimum absolute atomic E-state index is 0.127. The average Bonchev–Trinajstić information content (AvgIpc) is 2.38. The molecule has 0 aliphatic rings. The van der Waals surface area contributed by atoms with E-state index in [1.54, 1.807) is 25.2 Å². The zero-order chi connectivity index (χ0) is 13.4. The molecule has 0 heterocycles. The lowest BCUT2D eigenvalue weighted by atomic mass is 10.1. The van der Waals surface area contributed by atoms with E-state index in [1.165, 1.54) is 0 Å². The lowest BCUT2D eigenvalue weighted by Gasteiger charge is -2.10. The molecule has 1 amide bonds. The van der Waals surface area contributed by atoms with Crippen LogP contribution in [0.2, 0.25) is 5.02 Å². The smallest absolute Gasteiger partial charge is 0.253 e. The maximum Gasteiger partial charge on any atom is 0.253 e. The summed E-state index contributed by atoms with van der Waals surface area (Å²) in [5.74, 6) is -0.127. The number of carbonyl (C=O) groups is 1.